The fourth-order valence-electron chi connectivity index (χ4n) is 2.16. The average molecular weight is 278 g/mol. The molecule has 0 aromatic heterocycles. The van der Waals surface area contributed by atoms with E-state index in [-0.39, 0.29) is 17.8 Å². The number of benzene rings is 1. The van der Waals surface area contributed by atoms with Crippen molar-refractivity contribution in [1.82, 2.24) is 0 Å². The van der Waals surface area contributed by atoms with E-state index in [4.69, 9.17) is 14.2 Å². The van der Waals surface area contributed by atoms with Crippen molar-refractivity contribution in [3.63, 3.8) is 0 Å². The molecule has 4 heteroatoms. The molecule has 1 atom stereocenters. The maximum Gasteiger partial charge on any atom is 0.309 e. The molecule has 1 heterocycles. The summed E-state index contributed by atoms with van der Waals surface area (Å²) in [6, 6.07) is 5.95. The number of carbonyl (C=O) groups excluding carboxylic acids is 1. The van der Waals surface area contributed by atoms with Gasteiger partial charge in [0.05, 0.1) is 13.5 Å². The summed E-state index contributed by atoms with van der Waals surface area (Å²) < 4.78 is 16.4. The van der Waals surface area contributed by atoms with Crippen molar-refractivity contribution >= 4 is 5.97 Å². The molecule has 0 saturated heterocycles. The fraction of sp³-hybridized carbons (Fsp3) is 0.562. The molecule has 0 spiro atoms. The van der Waals surface area contributed by atoms with Crippen LogP contribution in [0, 0.1) is 0 Å². The van der Waals surface area contributed by atoms with Gasteiger partial charge in [0.15, 0.2) is 17.1 Å². The number of rotatable bonds is 2. The van der Waals surface area contributed by atoms with Crippen molar-refractivity contribution in [3.05, 3.63) is 23.8 Å². The first-order chi connectivity index (χ1) is 9.23. The molecule has 1 aliphatic rings. The lowest BCUT2D eigenvalue weighted by atomic mass is 9.87. The van der Waals surface area contributed by atoms with Crippen molar-refractivity contribution in [1.29, 1.82) is 0 Å². The number of hydrogen-bond donors (Lipinski definition) is 0. The third-order valence-electron chi connectivity index (χ3n) is 3.45. The zero-order valence-electron chi connectivity index (χ0n) is 12.8. The Hall–Kier alpha value is -1.71. The molecule has 0 amide bonds. The minimum absolute atomic E-state index is 0.0607. The number of methoxy groups -OCH3 is 1. The minimum atomic E-state index is -0.677. The second kappa shape index (κ2) is 5.00. The summed E-state index contributed by atoms with van der Waals surface area (Å²) in [7, 11) is 1.37. The number of fused-ring (bicyclic) bond motifs is 1. The van der Waals surface area contributed by atoms with Gasteiger partial charge in [-0.25, -0.2) is 0 Å². The molecule has 0 radical (unpaired) electrons. The van der Waals surface area contributed by atoms with E-state index in [0.29, 0.717) is 12.4 Å². The Morgan fingerprint density at radius 1 is 1.35 bits per heavy atom. The Kier molecular flexibility index (Phi) is 3.67. The maximum absolute atomic E-state index is 11.4. The smallest absolute Gasteiger partial charge is 0.309 e. The van der Waals surface area contributed by atoms with Gasteiger partial charge in [0.25, 0.3) is 0 Å². The molecule has 0 saturated carbocycles. The normalized spacial score (nSPS) is 21.4. The molecule has 1 aromatic rings. The average Bonchev–Trinajstić information content (AvgIpc) is 2.36. The maximum atomic E-state index is 11.4. The fourth-order valence-corrected chi connectivity index (χ4v) is 2.16. The second-order valence-corrected chi connectivity index (χ2v) is 6.51. The van der Waals surface area contributed by atoms with Gasteiger partial charge in [0.2, 0.25) is 0 Å². The molecule has 1 aliphatic heterocycles. The van der Waals surface area contributed by atoms with Crippen LogP contribution in [0.25, 0.3) is 0 Å². The van der Waals surface area contributed by atoms with Crippen molar-refractivity contribution < 1.29 is 19.0 Å². The molecule has 1 aromatic carbocycles. The molecule has 0 fully saturated rings. The molecule has 110 valence electrons. The van der Waals surface area contributed by atoms with Gasteiger partial charge in [-0.05, 0) is 30.0 Å². The third kappa shape index (κ3) is 3.06. The Balaban J connectivity index is 2.21. The Morgan fingerprint density at radius 2 is 2.05 bits per heavy atom. The highest BCUT2D eigenvalue weighted by molar-refractivity contribution is 5.70. The van der Waals surface area contributed by atoms with Crippen LogP contribution in [0.4, 0.5) is 0 Å². The van der Waals surface area contributed by atoms with Crippen molar-refractivity contribution in [2.45, 2.75) is 45.1 Å². The van der Waals surface area contributed by atoms with Gasteiger partial charge in [-0.1, -0.05) is 26.8 Å². The topological polar surface area (TPSA) is 44.8 Å². The number of esters is 1. The van der Waals surface area contributed by atoms with Crippen molar-refractivity contribution in [3.8, 4) is 11.5 Å². The van der Waals surface area contributed by atoms with Gasteiger partial charge in [-0.15, -0.1) is 0 Å². The van der Waals surface area contributed by atoms with Crippen LogP contribution in [0.2, 0.25) is 0 Å². The van der Waals surface area contributed by atoms with E-state index in [9.17, 15) is 4.79 Å². The predicted molar refractivity (Wildman–Crippen MR) is 76.3 cm³/mol. The number of carbonyl (C=O) groups is 1. The molecular formula is C16H22O4. The van der Waals surface area contributed by atoms with Crippen LogP contribution in [0.3, 0.4) is 0 Å². The first-order valence-corrected chi connectivity index (χ1v) is 6.77. The standard InChI is InChI=1S/C16H22O4/c1-15(2,3)11-6-7-12-13(8-11)19-10-16(4,20-12)9-14(17)18-5/h6-8H,9-10H2,1-5H3/t16-/m1/s1. The largest absolute Gasteiger partial charge is 0.486 e. The molecule has 0 unspecified atom stereocenters. The number of hydrogen-bond acceptors (Lipinski definition) is 4. The lowest BCUT2D eigenvalue weighted by Crippen LogP contribution is -2.44. The van der Waals surface area contributed by atoms with Gasteiger partial charge in [0.1, 0.15) is 6.61 Å². The van der Waals surface area contributed by atoms with Crippen LogP contribution in [0.15, 0.2) is 18.2 Å². The molecule has 0 aliphatic carbocycles. The third-order valence-corrected chi connectivity index (χ3v) is 3.45. The van der Waals surface area contributed by atoms with Crippen molar-refractivity contribution in [2.24, 2.45) is 0 Å². The summed E-state index contributed by atoms with van der Waals surface area (Å²) in [5.74, 6) is 1.11. The molecule has 0 bridgehead atoms. The zero-order valence-corrected chi connectivity index (χ0v) is 12.8. The van der Waals surface area contributed by atoms with Crippen LogP contribution in [-0.4, -0.2) is 25.3 Å². The van der Waals surface area contributed by atoms with E-state index in [2.05, 4.69) is 20.8 Å². The molecule has 4 nitrogen and oxygen atoms in total. The van der Waals surface area contributed by atoms with E-state index in [1.165, 1.54) is 12.7 Å². The van der Waals surface area contributed by atoms with Gasteiger partial charge in [-0.2, -0.15) is 0 Å². The van der Waals surface area contributed by atoms with Crippen LogP contribution < -0.4 is 9.47 Å². The Morgan fingerprint density at radius 3 is 2.65 bits per heavy atom. The van der Waals surface area contributed by atoms with E-state index in [0.717, 1.165) is 5.75 Å². The van der Waals surface area contributed by atoms with Crippen molar-refractivity contribution in [2.75, 3.05) is 13.7 Å². The predicted octanol–water partition coefficient (Wildman–Crippen LogP) is 3.08. The minimum Gasteiger partial charge on any atom is -0.486 e. The van der Waals surface area contributed by atoms with Gasteiger partial charge in [-0.3, -0.25) is 4.79 Å². The zero-order chi connectivity index (χ0) is 15.0. The molecular weight excluding hydrogens is 256 g/mol. The van der Waals surface area contributed by atoms with Gasteiger partial charge < -0.3 is 14.2 Å². The second-order valence-electron chi connectivity index (χ2n) is 6.51. The highest BCUT2D eigenvalue weighted by Crippen LogP contribution is 2.39. The van der Waals surface area contributed by atoms with Crippen LogP contribution in [-0.2, 0) is 14.9 Å². The van der Waals surface area contributed by atoms with Crippen LogP contribution in [0.1, 0.15) is 39.7 Å². The van der Waals surface area contributed by atoms with Gasteiger partial charge >= 0.3 is 5.97 Å². The molecule has 2 rings (SSSR count). The quantitative estimate of drug-likeness (QED) is 0.780. The first kappa shape index (κ1) is 14.7. The summed E-state index contributed by atoms with van der Waals surface area (Å²) in [5.41, 5.74) is 0.575. The highest BCUT2D eigenvalue weighted by Gasteiger charge is 2.36. The van der Waals surface area contributed by atoms with E-state index in [1.807, 2.05) is 25.1 Å². The summed E-state index contributed by atoms with van der Waals surface area (Å²) in [6.07, 6.45) is 0.171. The number of ether oxygens (including phenoxy) is 3. The SMILES string of the molecule is COC(=O)C[C@]1(C)COc2cc(C(C)(C)C)ccc2O1. The summed E-state index contributed by atoms with van der Waals surface area (Å²) in [4.78, 5) is 11.4. The lowest BCUT2D eigenvalue weighted by molar-refractivity contribution is -0.146. The summed E-state index contributed by atoms with van der Waals surface area (Å²) in [5, 5.41) is 0. The van der Waals surface area contributed by atoms with E-state index < -0.39 is 5.60 Å². The molecule has 20 heavy (non-hydrogen) atoms. The van der Waals surface area contributed by atoms with E-state index >= 15 is 0 Å². The van der Waals surface area contributed by atoms with Crippen LogP contribution >= 0.6 is 0 Å². The summed E-state index contributed by atoms with van der Waals surface area (Å²) >= 11 is 0. The van der Waals surface area contributed by atoms with Crippen LogP contribution in [0.5, 0.6) is 11.5 Å². The summed E-state index contributed by atoms with van der Waals surface area (Å²) in [6.45, 7) is 8.65. The monoisotopic (exact) mass is 278 g/mol. The highest BCUT2D eigenvalue weighted by atomic mass is 16.6. The Bertz CT molecular complexity index is 516. The Labute approximate surface area is 120 Å². The molecule has 0 N–H and O–H groups in total. The first-order valence-electron chi connectivity index (χ1n) is 6.77. The van der Waals surface area contributed by atoms with E-state index in [1.54, 1.807) is 0 Å². The lowest BCUT2D eigenvalue weighted by Gasteiger charge is -2.35. The van der Waals surface area contributed by atoms with Gasteiger partial charge in [0, 0.05) is 0 Å².